The molecule has 0 radical (unpaired) electrons. The summed E-state index contributed by atoms with van der Waals surface area (Å²) >= 11 is 0. The van der Waals surface area contributed by atoms with Crippen molar-refractivity contribution in [2.75, 3.05) is 13.6 Å². The third-order valence-corrected chi connectivity index (χ3v) is 6.72. The summed E-state index contributed by atoms with van der Waals surface area (Å²) in [5, 5.41) is 12.6. The molecule has 0 spiro atoms. The summed E-state index contributed by atoms with van der Waals surface area (Å²) < 4.78 is 0. The number of carboxylic acids is 1. The molecule has 0 bridgehead atoms. The smallest absolute Gasteiger partial charge is 0.331 e. The second-order valence-corrected chi connectivity index (χ2v) is 9.71. The molecule has 1 amide bonds. The van der Waals surface area contributed by atoms with E-state index in [0.29, 0.717) is 11.6 Å². The third kappa shape index (κ3) is 7.37. The molecule has 0 saturated carbocycles. The van der Waals surface area contributed by atoms with Crippen molar-refractivity contribution < 1.29 is 14.7 Å². The van der Waals surface area contributed by atoms with E-state index in [1.807, 2.05) is 11.9 Å². The van der Waals surface area contributed by atoms with E-state index in [1.54, 1.807) is 13.0 Å². The molecule has 1 fully saturated rings. The van der Waals surface area contributed by atoms with Gasteiger partial charge in [0.1, 0.15) is 0 Å². The van der Waals surface area contributed by atoms with Gasteiger partial charge in [0.05, 0.1) is 12.1 Å². The number of rotatable bonds is 11. The van der Waals surface area contributed by atoms with Gasteiger partial charge in [0, 0.05) is 30.4 Å². The van der Waals surface area contributed by atoms with Gasteiger partial charge in [0.2, 0.25) is 5.91 Å². The first-order valence-electron chi connectivity index (χ1n) is 11.8. The molecule has 0 aromatic carbocycles. The molecular formula is C25H45N3O3. The van der Waals surface area contributed by atoms with Crippen LogP contribution in [0.2, 0.25) is 0 Å². The van der Waals surface area contributed by atoms with Crippen molar-refractivity contribution >= 4 is 11.9 Å². The number of nitrogens with one attached hydrogen (secondary N) is 1. The first kappa shape index (κ1) is 27.2. The Labute approximate surface area is 189 Å². The summed E-state index contributed by atoms with van der Waals surface area (Å²) in [5.74, 6) is -0.430. The van der Waals surface area contributed by atoms with Crippen LogP contribution in [-0.4, -0.2) is 64.5 Å². The number of likely N-dealkylation sites (tertiary alicyclic amines) is 1. The molecule has 4 atom stereocenters. The molecule has 0 aromatic heterocycles. The normalized spacial score (nSPS) is 21.0. The number of hydrogen-bond donors (Lipinski definition) is 2. The molecular weight excluding hydrogens is 390 g/mol. The fraction of sp³-hybridized carbons (Fsp3) is 0.760. The second-order valence-electron chi connectivity index (χ2n) is 9.71. The van der Waals surface area contributed by atoms with Crippen molar-refractivity contribution in [3.05, 3.63) is 23.9 Å². The molecule has 6 nitrogen and oxygen atoms in total. The second kappa shape index (κ2) is 12.3. The fourth-order valence-corrected chi connectivity index (χ4v) is 4.38. The van der Waals surface area contributed by atoms with Crippen LogP contribution in [0.3, 0.4) is 0 Å². The SMILES string of the molecule is C=C([C@H](NC(=O)C1CCCCN1C(C)C)C(C)CC)N(C)C(/C=C(\C)C(=O)O)C(C)C. The lowest BCUT2D eigenvalue weighted by Gasteiger charge is -2.41. The molecule has 31 heavy (non-hydrogen) atoms. The zero-order chi connectivity index (χ0) is 23.9. The zero-order valence-corrected chi connectivity index (χ0v) is 20.9. The van der Waals surface area contributed by atoms with E-state index in [1.165, 1.54) is 0 Å². The van der Waals surface area contributed by atoms with E-state index in [2.05, 4.69) is 58.3 Å². The minimum absolute atomic E-state index is 0.0756. The predicted molar refractivity (Wildman–Crippen MR) is 128 cm³/mol. The molecule has 0 aliphatic carbocycles. The number of carboxylic acid groups (broad SMARTS) is 1. The zero-order valence-electron chi connectivity index (χ0n) is 20.9. The van der Waals surface area contributed by atoms with Crippen LogP contribution in [0.5, 0.6) is 0 Å². The van der Waals surface area contributed by atoms with Gasteiger partial charge in [-0.3, -0.25) is 9.69 Å². The minimum Gasteiger partial charge on any atom is -0.478 e. The highest BCUT2D eigenvalue weighted by molar-refractivity contribution is 5.86. The van der Waals surface area contributed by atoms with Gasteiger partial charge in [0.15, 0.2) is 0 Å². The predicted octanol–water partition coefficient (Wildman–Crippen LogP) is 4.28. The molecule has 1 aliphatic heterocycles. The molecule has 0 aromatic rings. The summed E-state index contributed by atoms with van der Waals surface area (Å²) in [6.07, 6.45) is 5.79. The number of aliphatic carboxylic acids is 1. The van der Waals surface area contributed by atoms with Crippen molar-refractivity contribution in [3.8, 4) is 0 Å². The number of likely N-dealkylation sites (N-methyl/N-ethyl adjacent to an activating group) is 1. The van der Waals surface area contributed by atoms with Crippen LogP contribution in [0.15, 0.2) is 23.9 Å². The summed E-state index contributed by atoms with van der Waals surface area (Å²) in [5.41, 5.74) is 1.14. The number of carbonyl (C=O) groups is 2. The summed E-state index contributed by atoms with van der Waals surface area (Å²) in [6, 6.07) is -0.0843. The van der Waals surface area contributed by atoms with Gasteiger partial charge in [0.25, 0.3) is 0 Å². The molecule has 2 N–H and O–H groups in total. The van der Waals surface area contributed by atoms with Gasteiger partial charge < -0.3 is 15.3 Å². The molecule has 1 saturated heterocycles. The Balaban J connectivity index is 3.11. The molecule has 3 unspecified atom stereocenters. The van der Waals surface area contributed by atoms with E-state index in [9.17, 15) is 14.7 Å². The van der Waals surface area contributed by atoms with Crippen molar-refractivity contribution in [3.63, 3.8) is 0 Å². The first-order chi connectivity index (χ1) is 14.4. The Morgan fingerprint density at radius 1 is 1.23 bits per heavy atom. The molecule has 1 rings (SSSR count). The van der Waals surface area contributed by atoms with Crippen LogP contribution in [0.4, 0.5) is 0 Å². The van der Waals surface area contributed by atoms with Crippen molar-refractivity contribution in [2.24, 2.45) is 11.8 Å². The van der Waals surface area contributed by atoms with Gasteiger partial charge >= 0.3 is 5.97 Å². The minimum atomic E-state index is -0.914. The van der Waals surface area contributed by atoms with Crippen LogP contribution in [-0.2, 0) is 9.59 Å². The highest BCUT2D eigenvalue weighted by Gasteiger charge is 2.34. The van der Waals surface area contributed by atoms with E-state index in [4.69, 9.17) is 0 Å². The Morgan fingerprint density at radius 2 is 1.84 bits per heavy atom. The standard InChI is InChI=1S/C25H45N3O3/c1-10-18(6)23(26-24(29)21-13-11-12-14-28(21)17(4)5)20(8)27(9)22(16(2)3)15-19(7)25(30)31/h15-18,21-23H,8,10-14H2,1-7,9H3,(H,26,29)(H,30,31)/b19-15+/t18?,21?,22?,23-/m1/s1. The van der Waals surface area contributed by atoms with Crippen LogP contribution in [0.1, 0.15) is 74.1 Å². The van der Waals surface area contributed by atoms with Gasteiger partial charge in [-0.1, -0.05) is 53.2 Å². The quantitative estimate of drug-likeness (QED) is 0.474. The van der Waals surface area contributed by atoms with Gasteiger partial charge in [-0.2, -0.15) is 0 Å². The Kier molecular flexibility index (Phi) is 10.8. The lowest BCUT2D eigenvalue weighted by Crippen LogP contribution is -2.56. The molecule has 1 heterocycles. The Morgan fingerprint density at radius 3 is 2.32 bits per heavy atom. The average Bonchev–Trinajstić information content (AvgIpc) is 2.73. The number of nitrogens with zero attached hydrogens (tertiary/aromatic N) is 2. The van der Waals surface area contributed by atoms with E-state index < -0.39 is 5.97 Å². The molecule has 178 valence electrons. The molecule has 1 aliphatic rings. The number of carbonyl (C=O) groups excluding carboxylic acids is 1. The van der Waals surface area contributed by atoms with E-state index in [-0.39, 0.29) is 35.9 Å². The lowest BCUT2D eigenvalue weighted by molar-refractivity contribution is -0.132. The first-order valence-corrected chi connectivity index (χ1v) is 11.8. The number of hydrogen-bond acceptors (Lipinski definition) is 4. The van der Waals surface area contributed by atoms with Gasteiger partial charge in [-0.15, -0.1) is 0 Å². The van der Waals surface area contributed by atoms with Crippen molar-refractivity contribution in [1.29, 1.82) is 0 Å². The van der Waals surface area contributed by atoms with Gasteiger partial charge in [-0.25, -0.2) is 4.79 Å². The Bertz CT molecular complexity index is 656. The van der Waals surface area contributed by atoms with Crippen LogP contribution < -0.4 is 5.32 Å². The van der Waals surface area contributed by atoms with Crippen LogP contribution >= 0.6 is 0 Å². The molecule has 6 heteroatoms. The highest BCUT2D eigenvalue weighted by Crippen LogP contribution is 2.25. The van der Waals surface area contributed by atoms with Gasteiger partial charge in [-0.05, 0) is 52.0 Å². The summed E-state index contributed by atoms with van der Waals surface area (Å²) in [6.45, 7) is 19.6. The summed E-state index contributed by atoms with van der Waals surface area (Å²) in [7, 11) is 1.95. The highest BCUT2D eigenvalue weighted by atomic mass is 16.4. The fourth-order valence-electron chi connectivity index (χ4n) is 4.38. The average molecular weight is 436 g/mol. The lowest BCUT2D eigenvalue weighted by atomic mass is 9.92. The maximum absolute atomic E-state index is 13.3. The monoisotopic (exact) mass is 435 g/mol. The summed E-state index contributed by atoms with van der Waals surface area (Å²) in [4.78, 5) is 29.1. The van der Waals surface area contributed by atoms with Crippen molar-refractivity contribution in [1.82, 2.24) is 15.1 Å². The van der Waals surface area contributed by atoms with E-state index in [0.717, 1.165) is 37.9 Å². The third-order valence-electron chi connectivity index (χ3n) is 6.72. The number of piperidine rings is 1. The number of amides is 1. The Hall–Kier alpha value is -1.82. The van der Waals surface area contributed by atoms with Crippen molar-refractivity contribution in [2.45, 2.75) is 98.3 Å². The largest absolute Gasteiger partial charge is 0.478 e. The van der Waals surface area contributed by atoms with Crippen LogP contribution in [0, 0.1) is 11.8 Å². The van der Waals surface area contributed by atoms with Crippen LogP contribution in [0.25, 0.3) is 0 Å². The van der Waals surface area contributed by atoms with E-state index >= 15 is 0 Å². The topological polar surface area (TPSA) is 72.9 Å². The maximum Gasteiger partial charge on any atom is 0.331 e. The maximum atomic E-state index is 13.3.